The van der Waals surface area contributed by atoms with Crippen LogP contribution in [0.15, 0.2) is 85.1 Å². The quantitative estimate of drug-likeness (QED) is 0.0272. The minimum Gasteiger partial charge on any atom is -0.756 e. The molecule has 0 aromatic carbocycles. The maximum absolute atomic E-state index is 12.9. The van der Waals surface area contributed by atoms with Crippen LogP contribution in [-0.2, 0) is 18.4 Å². The van der Waals surface area contributed by atoms with Gasteiger partial charge in [0.2, 0.25) is 5.91 Å². The molecule has 376 valence electrons. The van der Waals surface area contributed by atoms with E-state index in [0.29, 0.717) is 23.9 Å². The highest BCUT2D eigenvalue weighted by molar-refractivity contribution is 7.45. The lowest BCUT2D eigenvalue weighted by Crippen LogP contribution is -2.46. The first-order chi connectivity index (χ1) is 31.5. The number of carbonyl (C=O) groups is 1. The molecule has 0 radical (unpaired) electrons. The molecule has 0 heterocycles. The standard InChI is InChI=1S/C56H101N2O6P/c1-6-8-10-12-14-16-18-20-22-23-24-25-26-27-28-29-30-31-32-33-34-35-36-38-40-42-44-46-48-50-56(60)57-54(53-64-65(61,62)63-52-51-58(3,4)5)55(59)49-47-45-43-41-39-37-21-19-17-15-13-11-9-7-2/h8,10,14,16,20,22,24-25,27-28,30-31,33-34,54-55,59H,6-7,9,11-13,15,17-19,21,23,26,29,32,35-53H2,1-5H3,(H-,57,60,61,62)/b10-8-,16-14-,22-20-,25-24-,28-27-,31-30-,34-33-. The fraction of sp³-hybridized carbons (Fsp3) is 0.732. The second-order valence-electron chi connectivity index (χ2n) is 18.9. The van der Waals surface area contributed by atoms with E-state index in [1.807, 2.05) is 21.1 Å². The molecule has 0 aromatic rings. The van der Waals surface area contributed by atoms with Gasteiger partial charge in [-0.25, -0.2) is 0 Å². The van der Waals surface area contributed by atoms with Crippen molar-refractivity contribution in [1.29, 1.82) is 0 Å². The van der Waals surface area contributed by atoms with Gasteiger partial charge in [-0.3, -0.25) is 9.36 Å². The van der Waals surface area contributed by atoms with Crippen molar-refractivity contribution in [1.82, 2.24) is 5.32 Å². The van der Waals surface area contributed by atoms with E-state index in [0.717, 1.165) is 96.3 Å². The number of likely N-dealkylation sites (N-methyl/N-ethyl adjacent to an activating group) is 1. The number of rotatable bonds is 47. The number of carbonyl (C=O) groups excluding carboxylic acids is 1. The lowest BCUT2D eigenvalue weighted by molar-refractivity contribution is -0.870. The van der Waals surface area contributed by atoms with Gasteiger partial charge < -0.3 is 28.8 Å². The highest BCUT2D eigenvalue weighted by Gasteiger charge is 2.24. The molecule has 0 spiro atoms. The van der Waals surface area contributed by atoms with Gasteiger partial charge >= 0.3 is 0 Å². The maximum Gasteiger partial charge on any atom is 0.268 e. The molecular formula is C56H101N2O6P. The molecule has 2 N–H and O–H groups in total. The number of aliphatic hydroxyl groups is 1. The van der Waals surface area contributed by atoms with E-state index in [-0.39, 0.29) is 19.1 Å². The molecule has 0 aliphatic rings. The Hall–Kier alpha value is -2.32. The highest BCUT2D eigenvalue weighted by Crippen LogP contribution is 2.38. The number of hydrogen-bond donors (Lipinski definition) is 2. The molecular weight excluding hydrogens is 828 g/mol. The van der Waals surface area contributed by atoms with Gasteiger partial charge in [0.25, 0.3) is 7.82 Å². The summed E-state index contributed by atoms with van der Waals surface area (Å²) in [7, 11) is 1.28. The first kappa shape index (κ1) is 62.7. The zero-order valence-electron chi connectivity index (χ0n) is 42.7. The molecule has 3 atom stereocenters. The third-order valence-electron chi connectivity index (χ3n) is 11.4. The average Bonchev–Trinajstić information content (AvgIpc) is 3.26. The molecule has 0 fully saturated rings. The Bertz CT molecular complexity index is 1330. The van der Waals surface area contributed by atoms with Gasteiger partial charge in [-0.1, -0.05) is 221 Å². The summed E-state index contributed by atoms with van der Waals surface area (Å²) < 4.78 is 23.3. The van der Waals surface area contributed by atoms with Crippen molar-refractivity contribution in [3.8, 4) is 0 Å². The van der Waals surface area contributed by atoms with E-state index >= 15 is 0 Å². The number of nitrogens with one attached hydrogen (secondary N) is 1. The second kappa shape index (κ2) is 46.8. The topological polar surface area (TPSA) is 108 Å². The predicted octanol–water partition coefficient (Wildman–Crippen LogP) is 15.1. The maximum atomic E-state index is 12.9. The van der Waals surface area contributed by atoms with Gasteiger partial charge in [0, 0.05) is 6.42 Å². The van der Waals surface area contributed by atoms with Gasteiger partial charge in [0.1, 0.15) is 13.2 Å². The van der Waals surface area contributed by atoms with Gasteiger partial charge in [0.05, 0.1) is 39.9 Å². The number of aliphatic hydroxyl groups excluding tert-OH is 1. The molecule has 0 bridgehead atoms. The summed E-state index contributed by atoms with van der Waals surface area (Å²) in [5, 5.41) is 14.0. The number of phosphoric acid groups is 1. The van der Waals surface area contributed by atoms with Crippen molar-refractivity contribution < 1.29 is 32.9 Å². The molecule has 3 unspecified atom stereocenters. The first-order valence-electron chi connectivity index (χ1n) is 26.4. The van der Waals surface area contributed by atoms with Crippen molar-refractivity contribution in [3.63, 3.8) is 0 Å². The zero-order valence-corrected chi connectivity index (χ0v) is 43.6. The smallest absolute Gasteiger partial charge is 0.268 e. The van der Waals surface area contributed by atoms with Crippen molar-refractivity contribution in [2.24, 2.45) is 0 Å². The number of unbranched alkanes of at least 4 members (excludes halogenated alkanes) is 20. The Labute approximate surface area is 401 Å². The van der Waals surface area contributed by atoms with Crippen LogP contribution in [0.25, 0.3) is 0 Å². The summed E-state index contributed by atoms with van der Waals surface area (Å²) in [5.41, 5.74) is 0. The van der Waals surface area contributed by atoms with E-state index in [4.69, 9.17) is 9.05 Å². The second-order valence-corrected chi connectivity index (χ2v) is 20.3. The van der Waals surface area contributed by atoms with Crippen LogP contribution in [0.1, 0.15) is 213 Å². The van der Waals surface area contributed by atoms with Crippen LogP contribution in [0.4, 0.5) is 0 Å². The molecule has 1 amide bonds. The number of nitrogens with zero attached hydrogens (tertiary/aromatic N) is 1. The SMILES string of the molecule is CC/C=C\C/C=C\C/C=C\C/C=C\C/C=C\C/C=C\C/C=C\CCCCCCCCCC(=O)NC(COP(=O)([O-])OCC[N+](C)(C)C)C(O)CCCCCCCCCCCCCCCC. The molecule has 0 aromatic heterocycles. The number of amides is 1. The van der Waals surface area contributed by atoms with Crippen LogP contribution in [0.2, 0.25) is 0 Å². The van der Waals surface area contributed by atoms with Gasteiger partial charge in [-0.2, -0.15) is 0 Å². The molecule has 0 saturated heterocycles. The molecule has 0 aliphatic carbocycles. The largest absolute Gasteiger partial charge is 0.756 e. The lowest BCUT2D eigenvalue weighted by atomic mass is 10.0. The van der Waals surface area contributed by atoms with E-state index < -0.39 is 20.0 Å². The van der Waals surface area contributed by atoms with Crippen molar-refractivity contribution >= 4 is 13.7 Å². The van der Waals surface area contributed by atoms with Crippen LogP contribution < -0.4 is 10.2 Å². The Balaban J connectivity index is 4.24. The third kappa shape index (κ3) is 49.4. The van der Waals surface area contributed by atoms with E-state index in [1.165, 1.54) is 89.9 Å². The van der Waals surface area contributed by atoms with Crippen LogP contribution in [-0.4, -0.2) is 68.5 Å². The first-order valence-corrected chi connectivity index (χ1v) is 27.9. The highest BCUT2D eigenvalue weighted by atomic mass is 31.2. The summed E-state index contributed by atoms with van der Waals surface area (Å²) >= 11 is 0. The van der Waals surface area contributed by atoms with Crippen molar-refractivity contribution in [2.75, 3.05) is 40.9 Å². The summed E-state index contributed by atoms with van der Waals surface area (Å²) in [6, 6.07) is -0.812. The van der Waals surface area contributed by atoms with E-state index in [2.05, 4.69) is 104 Å². The predicted molar refractivity (Wildman–Crippen MR) is 279 cm³/mol. The van der Waals surface area contributed by atoms with Crippen LogP contribution >= 0.6 is 7.82 Å². The van der Waals surface area contributed by atoms with Crippen LogP contribution in [0.3, 0.4) is 0 Å². The summed E-state index contributed by atoms with van der Waals surface area (Å²) in [4.78, 5) is 25.4. The summed E-state index contributed by atoms with van der Waals surface area (Å²) in [6.45, 7) is 4.59. The molecule has 65 heavy (non-hydrogen) atoms. The van der Waals surface area contributed by atoms with Crippen LogP contribution in [0, 0.1) is 0 Å². The number of quaternary nitrogens is 1. The number of hydrogen-bond acceptors (Lipinski definition) is 6. The van der Waals surface area contributed by atoms with E-state index in [1.54, 1.807) is 0 Å². The van der Waals surface area contributed by atoms with Gasteiger partial charge in [-0.15, -0.1) is 0 Å². The van der Waals surface area contributed by atoms with E-state index in [9.17, 15) is 19.4 Å². The van der Waals surface area contributed by atoms with Crippen LogP contribution in [0.5, 0.6) is 0 Å². The lowest BCUT2D eigenvalue weighted by Gasteiger charge is -2.30. The normalized spacial score (nSPS) is 14.8. The Morgan fingerprint density at radius 3 is 1.37 bits per heavy atom. The molecule has 8 nitrogen and oxygen atoms in total. The summed E-state index contributed by atoms with van der Waals surface area (Å²) in [5.74, 6) is -0.180. The Morgan fingerprint density at radius 2 is 0.938 bits per heavy atom. The fourth-order valence-electron chi connectivity index (χ4n) is 7.25. The number of allylic oxidation sites excluding steroid dienone is 14. The Morgan fingerprint density at radius 1 is 0.554 bits per heavy atom. The minimum atomic E-state index is -4.58. The Kier molecular flexibility index (Phi) is 45.1. The van der Waals surface area contributed by atoms with Crippen molar-refractivity contribution in [2.45, 2.75) is 225 Å². The minimum absolute atomic E-state index is 0.00564. The molecule has 0 aliphatic heterocycles. The molecule has 0 saturated carbocycles. The monoisotopic (exact) mass is 929 g/mol. The van der Waals surface area contributed by atoms with Gasteiger partial charge in [-0.05, 0) is 70.6 Å². The number of phosphoric ester groups is 1. The average molecular weight is 929 g/mol. The zero-order chi connectivity index (χ0) is 47.8. The molecule has 0 rings (SSSR count). The van der Waals surface area contributed by atoms with Gasteiger partial charge in [0.15, 0.2) is 0 Å². The fourth-order valence-corrected chi connectivity index (χ4v) is 7.98. The van der Waals surface area contributed by atoms with Crippen molar-refractivity contribution in [3.05, 3.63) is 85.1 Å². The third-order valence-corrected chi connectivity index (χ3v) is 12.4. The summed E-state index contributed by atoms with van der Waals surface area (Å²) in [6.07, 6.45) is 64.5. The molecule has 9 heteroatoms.